The summed E-state index contributed by atoms with van der Waals surface area (Å²) in [4.78, 5) is 46.0. The van der Waals surface area contributed by atoms with Gasteiger partial charge in [0.15, 0.2) is 5.78 Å². The van der Waals surface area contributed by atoms with Gasteiger partial charge in [0.05, 0.1) is 16.6 Å². The van der Waals surface area contributed by atoms with Gasteiger partial charge in [-0.25, -0.2) is 0 Å². The SMILES string of the molecule is C=CCOc1cccc(C(=O)[C@@H]2[C@@H]3CCCN3[C@@]3(C(=O)Nc4c(Cl)cc(C)cc43)[C@]23C(=O)Nc2ccccc23)c1. The van der Waals surface area contributed by atoms with Gasteiger partial charge in [0.25, 0.3) is 5.91 Å². The molecule has 4 heterocycles. The molecular formula is C32H28ClN3O4. The van der Waals surface area contributed by atoms with E-state index in [0.29, 0.717) is 58.4 Å². The normalized spacial score (nSPS) is 27.9. The van der Waals surface area contributed by atoms with Crippen molar-refractivity contribution in [2.24, 2.45) is 5.92 Å². The van der Waals surface area contributed by atoms with Crippen molar-refractivity contribution < 1.29 is 19.1 Å². The van der Waals surface area contributed by atoms with Gasteiger partial charge in [-0.15, -0.1) is 0 Å². The van der Waals surface area contributed by atoms with Crippen LogP contribution in [0.25, 0.3) is 0 Å². The van der Waals surface area contributed by atoms with E-state index >= 15 is 0 Å². The number of rotatable bonds is 5. The Hall–Kier alpha value is -3.94. The van der Waals surface area contributed by atoms with Gasteiger partial charge in [0.1, 0.15) is 23.3 Å². The van der Waals surface area contributed by atoms with Crippen LogP contribution in [0.5, 0.6) is 5.75 Å². The highest BCUT2D eigenvalue weighted by Crippen LogP contribution is 2.68. The third kappa shape index (κ3) is 2.96. The van der Waals surface area contributed by atoms with E-state index in [0.717, 1.165) is 12.0 Å². The second-order valence-corrected chi connectivity index (χ2v) is 11.4. The molecule has 4 atom stereocenters. The van der Waals surface area contributed by atoms with E-state index in [1.807, 2.05) is 43.3 Å². The molecule has 3 aromatic carbocycles. The standard InChI is InChI=1S/C32H28ClN3O4/c1-3-14-40-20-9-6-8-19(17-20)28(37)26-25-12-7-13-36(25)32(22-15-18(2)16-23(33)27(22)35-30(32)39)31(26)21-10-4-5-11-24(21)34-29(31)38/h3-6,8-11,15-17,25-26H,1,7,12-14H2,2H3,(H,34,38)(H,35,39)/t25-,26-,31-,32-/m0/s1. The largest absolute Gasteiger partial charge is 0.490 e. The number of nitrogens with zero attached hydrogens (tertiary/aromatic N) is 1. The maximum absolute atomic E-state index is 14.8. The number of hydrogen-bond donors (Lipinski definition) is 2. The van der Waals surface area contributed by atoms with Crippen LogP contribution in [0.15, 0.2) is 73.3 Å². The van der Waals surface area contributed by atoms with Crippen LogP contribution in [0.1, 0.15) is 39.9 Å². The number of carbonyl (C=O) groups excluding carboxylic acids is 3. The topological polar surface area (TPSA) is 87.7 Å². The zero-order chi connectivity index (χ0) is 27.8. The lowest BCUT2D eigenvalue weighted by Crippen LogP contribution is -2.62. The molecule has 4 aliphatic heterocycles. The first-order valence-corrected chi connectivity index (χ1v) is 13.9. The van der Waals surface area contributed by atoms with Crippen molar-refractivity contribution in [2.75, 3.05) is 23.8 Å². The molecule has 0 bridgehead atoms. The molecular weight excluding hydrogens is 526 g/mol. The van der Waals surface area contributed by atoms with Crippen molar-refractivity contribution >= 4 is 40.6 Å². The fraction of sp³-hybridized carbons (Fsp3) is 0.281. The van der Waals surface area contributed by atoms with E-state index in [4.69, 9.17) is 16.3 Å². The van der Waals surface area contributed by atoms with Crippen LogP contribution in [-0.4, -0.2) is 41.7 Å². The van der Waals surface area contributed by atoms with Crippen LogP contribution in [0.4, 0.5) is 11.4 Å². The van der Waals surface area contributed by atoms with Gasteiger partial charge in [-0.05, 0) is 61.7 Å². The van der Waals surface area contributed by atoms with Crippen molar-refractivity contribution in [3.63, 3.8) is 0 Å². The van der Waals surface area contributed by atoms with Crippen LogP contribution < -0.4 is 15.4 Å². The average Bonchev–Trinajstić information content (AvgIpc) is 3.66. The Kier molecular flexibility index (Phi) is 5.50. The summed E-state index contributed by atoms with van der Waals surface area (Å²) in [6.07, 6.45) is 3.13. The number of hydrogen-bond acceptors (Lipinski definition) is 5. The molecule has 2 N–H and O–H groups in total. The summed E-state index contributed by atoms with van der Waals surface area (Å²) in [6.45, 7) is 6.50. The van der Waals surface area contributed by atoms with E-state index in [1.54, 1.807) is 30.3 Å². The van der Waals surface area contributed by atoms with Gasteiger partial charge >= 0.3 is 0 Å². The summed E-state index contributed by atoms with van der Waals surface area (Å²) in [5, 5.41) is 6.52. The highest BCUT2D eigenvalue weighted by molar-refractivity contribution is 6.35. The first kappa shape index (κ1) is 25.1. The molecule has 4 aliphatic rings. The Balaban J connectivity index is 1.54. The number of nitrogens with one attached hydrogen (secondary N) is 2. The number of benzene rings is 3. The predicted octanol–water partition coefficient (Wildman–Crippen LogP) is 5.23. The average molecular weight is 554 g/mol. The Labute approximate surface area is 237 Å². The van der Waals surface area contributed by atoms with Crippen molar-refractivity contribution in [1.82, 2.24) is 4.90 Å². The molecule has 0 radical (unpaired) electrons. The smallest absolute Gasteiger partial charge is 0.251 e. The Bertz CT molecular complexity index is 1640. The Morgan fingerprint density at radius 2 is 1.93 bits per heavy atom. The molecule has 0 aliphatic carbocycles. The summed E-state index contributed by atoms with van der Waals surface area (Å²) < 4.78 is 5.73. The van der Waals surface area contributed by atoms with E-state index in [1.165, 1.54) is 0 Å². The highest BCUT2D eigenvalue weighted by Gasteiger charge is 2.81. The van der Waals surface area contributed by atoms with Gasteiger partial charge in [-0.1, -0.05) is 60.7 Å². The van der Waals surface area contributed by atoms with Crippen LogP contribution >= 0.6 is 11.6 Å². The zero-order valence-corrected chi connectivity index (χ0v) is 22.8. The number of ether oxygens (including phenoxy) is 1. The number of amides is 2. The molecule has 2 spiro atoms. The number of halogens is 1. The Morgan fingerprint density at radius 3 is 2.75 bits per heavy atom. The third-order valence-corrected chi connectivity index (χ3v) is 9.37. The minimum atomic E-state index is -1.52. The summed E-state index contributed by atoms with van der Waals surface area (Å²) in [6, 6.07) is 17.9. The summed E-state index contributed by atoms with van der Waals surface area (Å²) in [5.41, 5.74) is 0.781. The molecule has 2 fully saturated rings. The number of anilines is 2. The minimum absolute atomic E-state index is 0.190. The first-order chi connectivity index (χ1) is 19.3. The monoisotopic (exact) mass is 553 g/mol. The lowest BCUT2D eigenvalue weighted by Gasteiger charge is -2.43. The minimum Gasteiger partial charge on any atom is -0.490 e. The van der Waals surface area contributed by atoms with E-state index in [-0.39, 0.29) is 23.6 Å². The second kappa shape index (κ2) is 8.78. The van der Waals surface area contributed by atoms with Crippen molar-refractivity contribution in [3.05, 3.63) is 101 Å². The van der Waals surface area contributed by atoms with Crippen LogP contribution in [0.3, 0.4) is 0 Å². The third-order valence-electron chi connectivity index (χ3n) is 9.07. The van der Waals surface area contributed by atoms with Gasteiger partial charge in [-0.3, -0.25) is 19.3 Å². The molecule has 40 heavy (non-hydrogen) atoms. The quantitative estimate of drug-likeness (QED) is 0.334. The van der Waals surface area contributed by atoms with Gasteiger partial charge in [0, 0.05) is 22.9 Å². The molecule has 8 heteroatoms. The number of ketones is 1. The highest BCUT2D eigenvalue weighted by atomic mass is 35.5. The molecule has 7 rings (SSSR count). The summed E-state index contributed by atoms with van der Waals surface area (Å²) >= 11 is 6.71. The summed E-state index contributed by atoms with van der Waals surface area (Å²) in [7, 11) is 0. The number of aryl methyl sites for hydroxylation is 1. The lowest BCUT2D eigenvalue weighted by atomic mass is 9.57. The molecule has 3 aromatic rings. The van der Waals surface area contributed by atoms with Gasteiger partial charge in [-0.2, -0.15) is 0 Å². The molecule has 2 amide bonds. The zero-order valence-electron chi connectivity index (χ0n) is 22.0. The van der Waals surface area contributed by atoms with Crippen molar-refractivity contribution in [3.8, 4) is 5.75 Å². The molecule has 0 unspecified atom stereocenters. The van der Waals surface area contributed by atoms with E-state index in [2.05, 4.69) is 22.1 Å². The molecule has 0 saturated carbocycles. The summed E-state index contributed by atoms with van der Waals surface area (Å²) in [5.74, 6) is -1.15. The lowest BCUT2D eigenvalue weighted by molar-refractivity contribution is -0.137. The fourth-order valence-corrected chi connectivity index (χ4v) is 8.17. The van der Waals surface area contributed by atoms with Crippen LogP contribution in [0.2, 0.25) is 5.02 Å². The maximum atomic E-state index is 14.8. The molecule has 0 aromatic heterocycles. The number of para-hydroxylation sites is 1. The fourth-order valence-electron chi connectivity index (χ4n) is 7.85. The van der Waals surface area contributed by atoms with Crippen LogP contribution in [0, 0.1) is 12.8 Å². The number of carbonyl (C=O) groups is 3. The molecule has 7 nitrogen and oxygen atoms in total. The van der Waals surface area contributed by atoms with Gasteiger partial charge in [0.2, 0.25) is 5.91 Å². The van der Waals surface area contributed by atoms with Gasteiger partial charge < -0.3 is 15.4 Å². The second-order valence-electron chi connectivity index (χ2n) is 11.0. The van der Waals surface area contributed by atoms with E-state index in [9.17, 15) is 14.4 Å². The van der Waals surface area contributed by atoms with Crippen molar-refractivity contribution in [2.45, 2.75) is 36.8 Å². The molecule has 2 saturated heterocycles. The maximum Gasteiger partial charge on any atom is 0.251 e. The van der Waals surface area contributed by atoms with Crippen LogP contribution in [-0.2, 0) is 20.5 Å². The number of Topliss-reactive ketones (excluding diaryl/α,β-unsaturated/α-hetero) is 1. The Morgan fingerprint density at radius 1 is 1.10 bits per heavy atom. The number of fused-ring (bicyclic) bond motifs is 7. The van der Waals surface area contributed by atoms with E-state index < -0.39 is 16.9 Å². The van der Waals surface area contributed by atoms with Crippen molar-refractivity contribution in [1.29, 1.82) is 0 Å². The predicted molar refractivity (Wildman–Crippen MR) is 153 cm³/mol. The first-order valence-electron chi connectivity index (χ1n) is 13.5. The molecule has 202 valence electrons.